The molecule has 6 heteroatoms. The van der Waals surface area contributed by atoms with Crippen LogP contribution in [0.1, 0.15) is 18.0 Å². The number of carboxylic acids is 1. The van der Waals surface area contributed by atoms with E-state index in [0.29, 0.717) is 22.7 Å². The number of para-hydroxylation sites is 1. The zero-order valence-corrected chi connectivity index (χ0v) is 14.0. The average Bonchev–Trinajstić information content (AvgIpc) is 2.99. The van der Waals surface area contributed by atoms with Gasteiger partial charge < -0.3 is 19.5 Å². The molecule has 2 aromatic rings. The van der Waals surface area contributed by atoms with E-state index in [0.717, 1.165) is 0 Å². The zero-order chi connectivity index (χ0) is 18.0. The van der Waals surface area contributed by atoms with E-state index in [1.54, 1.807) is 35.2 Å². The van der Waals surface area contributed by atoms with Crippen LogP contribution in [0, 0.1) is 5.92 Å². The van der Waals surface area contributed by atoms with Crippen molar-refractivity contribution < 1.29 is 24.2 Å². The van der Waals surface area contributed by atoms with Gasteiger partial charge >= 0.3 is 5.97 Å². The van der Waals surface area contributed by atoms with Gasteiger partial charge in [-0.3, -0.25) is 9.59 Å². The van der Waals surface area contributed by atoms with Gasteiger partial charge in [-0.05, 0) is 29.8 Å². The lowest BCUT2D eigenvalue weighted by molar-refractivity contribution is -0.142. The van der Waals surface area contributed by atoms with E-state index in [4.69, 9.17) is 9.47 Å². The van der Waals surface area contributed by atoms with Crippen LogP contribution in [0.2, 0.25) is 0 Å². The molecule has 0 unspecified atom stereocenters. The van der Waals surface area contributed by atoms with Crippen LogP contribution in [0.3, 0.4) is 0 Å². The second kappa shape index (κ2) is 6.84. The summed E-state index contributed by atoms with van der Waals surface area (Å²) in [7, 11) is 3.05. The summed E-state index contributed by atoms with van der Waals surface area (Å²) in [6, 6.07) is 13.7. The first-order chi connectivity index (χ1) is 12.1. The number of rotatable bonds is 5. The van der Waals surface area contributed by atoms with Crippen molar-refractivity contribution in [3.05, 3.63) is 54.1 Å². The minimum atomic E-state index is -0.994. The Morgan fingerprint density at radius 1 is 1.08 bits per heavy atom. The molecular formula is C19H19NO5. The highest BCUT2D eigenvalue weighted by atomic mass is 16.5. The van der Waals surface area contributed by atoms with E-state index in [1.807, 2.05) is 18.2 Å². The molecule has 0 radical (unpaired) electrons. The monoisotopic (exact) mass is 341 g/mol. The van der Waals surface area contributed by atoms with E-state index in [2.05, 4.69) is 0 Å². The molecule has 6 nitrogen and oxygen atoms in total. The molecular weight excluding hydrogens is 322 g/mol. The topological polar surface area (TPSA) is 76.1 Å². The fraction of sp³-hybridized carbons (Fsp3) is 0.263. The van der Waals surface area contributed by atoms with Crippen LogP contribution in [0.15, 0.2) is 48.5 Å². The van der Waals surface area contributed by atoms with Gasteiger partial charge in [-0.1, -0.05) is 24.3 Å². The van der Waals surface area contributed by atoms with E-state index in [9.17, 15) is 14.7 Å². The number of ether oxygens (including phenoxy) is 2. The van der Waals surface area contributed by atoms with Crippen LogP contribution in [0.4, 0.5) is 5.69 Å². The summed E-state index contributed by atoms with van der Waals surface area (Å²) in [6.07, 6.45) is -0.0385. The summed E-state index contributed by atoms with van der Waals surface area (Å²) < 4.78 is 10.6. The molecule has 0 bridgehead atoms. The van der Waals surface area contributed by atoms with Gasteiger partial charge in [0.25, 0.3) is 0 Å². The van der Waals surface area contributed by atoms with Crippen molar-refractivity contribution in [1.29, 1.82) is 0 Å². The highest BCUT2D eigenvalue weighted by molar-refractivity contribution is 6.00. The standard InChI is InChI=1S/C19H19NO5/c1-24-15-9-8-12(10-16(15)25-2)18-14(19(22)23)11-17(21)20(18)13-6-4-3-5-7-13/h3-10,14,18H,11H2,1-2H3,(H,22,23)/t14-,18+/m1/s1. The van der Waals surface area contributed by atoms with Gasteiger partial charge in [-0.15, -0.1) is 0 Å². The minimum absolute atomic E-state index is 0.0385. The van der Waals surface area contributed by atoms with Crippen molar-refractivity contribution in [2.45, 2.75) is 12.5 Å². The number of benzene rings is 2. The maximum Gasteiger partial charge on any atom is 0.309 e. The number of carbonyl (C=O) groups excluding carboxylic acids is 1. The van der Waals surface area contributed by atoms with Gasteiger partial charge in [0.1, 0.15) is 0 Å². The number of nitrogens with zero attached hydrogens (tertiary/aromatic N) is 1. The van der Waals surface area contributed by atoms with Gasteiger partial charge in [-0.2, -0.15) is 0 Å². The number of amides is 1. The predicted octanol–water partition coefficient (Wildman–Crippen LogP) is 2.88. The molecule has 1 saturated heterocycles. The Morgan fingerprint density at radius 2 is 1.76 bits per heavy atom. The summed E-state index contributed by atoms with van der Waals surface area (Å²) in [6.45, 7) is 0. The Bertz CT molecular complexity index is 790. The highest BCUT2D eigenvalue weighted by Gasteiger charge is 2.45. The summed E-state index contributed by atoms with van der Waals surface area (Å²) in [5, 5.41) is 9.62. The normalized spacial score (nSPS) is 19.8. The van der Waals surface area contributed by atoms with Gasteiger partial charge in [0, 0.05) is 12.1 Å². The maximum absolute atomic E-state index is 12.6. The van der Waals surface area contributed by atoms with Gasteiger partial charge in [-0.25, -0.2) is 0 Å². The molecule has 0 aliphatic carbocycles. The number of hydrogen-bond acceptors (Lipinski definition) is 4. The SMILES string of the molecule is COc1ccc([C@H]2[C@H](C(=O)O)CC(=O)N2c2ccccc2)cc1OC. The van der Waals surface area contributed by atoms with Crippen LogP contribution in [-0.4, -0.2) is 31.2 Å². The van der Waals surface area contributed by atoms with Crippen LogP contribution in [0.5, 0.6) is 11.5 Å². The molecule has 1 N–H and O–H groups in total. The smallest absolute Gasteiger partial charge is 0.309 e. The van der Waals surface area contributed by atoms with E-state index < -0.39 is 17.9 Å². The Morgan fingerprint density at radius 3 is 2.36 bits per heavy atom. The molecule has 1 fully saturated rings. The molecule has 2 atom stereocenters. The number of aliphatic carboxylic acids is 1. The quantitative estimate of drug-likeness (QED) is 0.905. The number of anilines is 1. The Kier molecular flexibility index (Phi) is 4.61. The van der Waals surface area contributed by atoms with E-state index >= 15 is 0 Å². The summed E-state index contributed by atoms with van der Waals surface area (Å²) in [4.78, 5) is 25.9. The zero-order valence-electron chi connectivity index (χ0n) is 14.0. The van der Waals surface area contributed by atoms with Gasteiger partial charge in [0.05, 0.1) is 26.2 Å². The third-order valence-corrected chi connectivity index (χ3v) is 4.42. The molecule has 0 spiro atoms. The lowest BCUT2D eigenvalue weighted by Crippen LogP contribution is -2.30. The van der Waals surface area contributed by atoms with Crippen molar-refractivity contribution in [3.8, 4) is 11.5 Å². The van der Waals surface area contributed by atoms with Crippen molar-refractivity contribution in [3.63, 3.8) is 0 Å². The van der Waals surface area contributed by atoms with Crippen molar-refractivity contribution in [1.82, 2.24) is 0 Å². The van der Waals surface area contributed by atoms with Gasteiger partial charge in [0.2, 0.25) is 5.91 Å². The van der Waals surface area contributed by atoms with Crippen LogP contribution in [-0.2, 0) is 9.59 Å². The fourth-order valence-electron chi connectivity index (χ4n) is 3.27. The summed E-state index contributed by atoms with van der Waals surface area (Å²) in [5.41, 5.74) is 1.37. The first kappa shape index (κ1) is 16.8. The number of carbonyl (C=O) groups is 2. The molecule has 25 heavy (non-hydrogen) atoms. The molecule has 0 aromatic heterocycles. The third-order valence-electron chi connectivity index (χ3n) is 4.42. The maximum atomic E-state index is 12.6. The number of methoxy groups -OCH3 is 2. The molecule has 1 heterocycles. The van der Waals surface area contributed by atoms with Crippen LogP contribution < -0.4 is 14.4 Å². The summed E-state index contributed by atoms with van der Waals surface area (Å²) >= 11 is 0. The molecule has 1 aliphatic heterocycles. The van der Waals surface area contributed by atoms with Crippen molar-refractivity contribution in [2.24, 2.45) is 5.92 Å². The fourth-order valence-corrected chi connectivity index (χ4v) is 3.27. The largest absolute Gasteiger partial charge is 0.493 e. The van der Waals surface area contributed by atoms with E-state index in [1.165, 1.54) is 14.2 Å². The Labute approximate surface area is 145 Å². The van der Waals surface area contributed by atoms with Crippen LogP contribution in [0.25, 0.3) is 0 Å². The Hall–Kier alpha value is -3.02. The number of carboxylic acid groups (broad SMARTS) is 1. The molecule has 1 aliphatic rings. The first-order valence-electron chi connectivity index (χ1n) is 7.88. The lowest BCUT2D eigenvalue weighted by atomic mass is 9.93. The van der Waals surface area contributed by atoms with Crippen LogP contribution >= 0.6 is 0 Å². The highest BCUT2D eigenvalue weighted by Crippen LogP contribution is 2.43. The third kappa shape index (κ3) is 3.03. The van der Waals surface area contributed by atoms with E-state index in [-0.39, 0.29) is 12.3 Å². The first-order valence-corrected chi connectivity index (χ1v) is 7.88. The molecule has 2 aromatic carbocycles. The molecule has 3 rings (SSSR count). The van der Waals surface area contributed by atoms with Crippen molar-refractivity contribution >= 4 is 17.6 Å². The molecule has 0 saturated carbocycles. The second-order valence-electron chi connectivity index (χ2n) is 5.81. The molecule has 130 valence electrons. The van der Waals surface area contributed by atoms with Gasteiger partial charge in [0.15, 0.2) is 11.5 Å². The molecule has 1 amide bonds. The Balaban J connectivity index is 2.10. The second-order valence-corrected chi connectivity index (χ2v) is 5.81. The minimum Gasteiger partial charge on any atom is -0.493 e. The lowest BCUT2D eigenvalue weighted by Gasteiger charge is -2.28. The van der Waals surface area contributed by atoms with Crippen molar-refractivity contribution in [2.75, 3.05) is 19.1 Å². The average molecular weight is 341 g/mol. The summed E-state index contributed by atoms with van der Waals surface area (Å²) in [5.74, 6) is -0.985. The number of hydrogen-bond donors (Lipinski definition) is 1. The predicted molar refractivity (Wildman–Crippen MR) is 92.0 cm³/mol.